The normalized spacial score (nSPS) is 21.5. The highest BCUT2D eigenvalue weighted by Gasteiger charge is 2.30. The van der Waals surface area contributed by atoms with E-state index in [9.17, 15) is 13.2 Å². The Morgan fingerprint density at radius 3 is 2.43 bits per heavy atom. The minimum atomic E-state index is -3.41. The third-order valence-electron chi connectivity index (χ3n) is 4.84. The van der Waals surface area contributed by atoms with Gasteiger partial charge in [-0.05, 0) is 37.1 Å². The van der Waals surface area contributed by atoms with Gasteiger partial charge in [-0.1, -0.05) is 25.3 Å². The number of sulfonamides is 1. The molecule has 1 aliphatic carbocycles. The van der Waals surface area contributed by atoms with Crippen LogP contribution in [0.5, 0.6) is 0 Å². The number of amides is 1. The first-order valence-corrected chi connectivity index (χ1v) is 10.8. The highest BCUT2D eigenvalue weighted by molar-refractivity contribution is 7.91. The number of thiophene rings is 1. The highest BCUT2D eigenvalue weighted by atomic mass is 32.2. The van der Waals surface area contributed by atoms with E-state index in [0.29, 0.717) is 30.1 Å². The van der Waals surface area contributed by atoms with Crippen molar-refractivity contribution < 1.29 is 13.2 Å². The molecule has 0 bridgehead atoms. The summed E-state index contributed by atoms with van der Waals surface area (Å²) in [4.78, 5) is 14.5. The highest BCUT2D eigenvalue weighted by Crippen LogP contribution is 2.27. The Morgan fingerprint density at radius 1 is 1.13 bits per heavy atom. The van der Waals surface area contributed by atoms with Crippen LogP contribution >= 0.6 is 11.3 Å². The number of hydrogen-bond acceptors (Lipinski definition) is 4. The molecule has 1 saturated carbocycles. The molecule has 1 N–H and O–H groups in total. The van der Waals surface area contributed by atoms with Gasteiger partial charge in [0.2, 0.25) is 15.9 Å². The maximum atomic E-state index is 12.5. The molecule has 1 aromatic rings. The van der Waals surface area contributed by atoms with Gasteiger partial charge < -0.3 is 4.90 Å². The van der Waals surface area contributed by atoms with Crippen LogP contribution in [0.3, 0.4) is 0 Å². The van der Waals surface area contributed by atoms with E-state index in [1.807, 2.05) is 4.90 Å². The summed E-state index contributed by atoms with van der Waals surface area (Å²) in [6, 6.07) is 3.29. The molecule has 0 radical (unpaired) electrons. The van der Waals surface area contributed by atoms with E-state index >= 15 is 0 Å². The lowest BCUT2D eigenvalue weighted by molar-refractivity contribution is -0.137. The van der Waals surface area contributed by atoms with Crippen molar-refractivity contribution in [1.29, 1.82) is 0 Å². The van der Waals surface area contributed by atoms with E-state index in [1.165, 1.54) is 17.8 Å². The Labute approximate surface area is 142 Å². The molecule has 1 saturated heterocycles. The van der Waals surface area contributed by atoms with Crippen LogP contribution in [0.1, 0.15) is 44.9 Å². The summed E-state index contributed by atoms with van der Waals surface area (Å²) in [5, 5.41) is 1.76. The molecule has 2 fully saturated rings. The van der Waals surface area contributed by atoms with Crippen molar-refractivity contribution in [2.24, 2.45) is 5.92 Å². The van der Waals surface area contributed by atoms with Crippen molar-refractivity contribution in [2.75, 3.05) is 13.1 Å². The second-order valence-electron chi connectivity index (χ2n) is 6.49. The van der Waals surface area contributed by atoms with Gasteiger partial charge in [-0.25, -0.2) is 13.1 Å². The Hall–Kier alpha value is -0.920. The topological polar surface area (TPSA) is 66.5 Å². The van der Waals surface area contributed by atoms with E-state index < -0.39 is 10.0 Å². The zero-order valence-corrected chi connectivity index (χ0v) is 14.9. The first kappa shape index (κ1) is 16.9. The minimum absolute atomic E-state index is 0.0718. The molecule has 2 heterocycles. The van der Waals surface area contributed by atoms with Crippen LogP contribution in [-0.4, -0.2) is 38.4 Å². The SMILES string of the molecule is O=C(C1CCCCC1)N1CCC(NS(=O)(=O)c2cccs2)CC1. The maximum absolute atomic E-state index is 12.5. The Morgan fingerprint density at radius 2 is 1.83 bits per heavy atom. The summed E-state index contributed by atoms with van der Waals surface area (Å²) in [6.45, 7) is 1.32. The van der Waals surface area contributed by atoms with E-state index in [2.05, 4.69) is 4.72 Å². The number of likely N-dealkylation sites (tertiary alicyclic amines) is 1. The van der Waals surface area contributed by atoms with Crippen LogP contribution in [0.15, 0.2) is 21.7 Å². The van der Waals surface area contributed by atoms with E-state index in [-0.39, 0.29) is 17.9 Å². The molecule has 0 aromatic carbocycles. The quantitative estimate of drug-likeness (QED) is 0.902. The van der Waals surface area contributed by atoms with Crippen LogP contribution < -0.4 is 4.72 Å². The van der Waals surface area contributed by atoms with Gasteiger partial charge in [0, 0.05) is 25.0 Å². The van der Waals surface area contributed by atoms with Crippen LogP contribution in [0.4, 0.5) is 0 Å². The maximum Gasteiger partial charge on any atom is 0.250 e. The molecule has 3 rings (SSSR count). The zero-order valence-electron chi connectivity index (χ0n) is 13.2. The summed E-state index contributed by atoms with van der Waals surface area (Å²) in [5.74, 6) is 0.479. The number of hydrogen-bond donors (Lipinski definition) is 1. The van der Waals surface area contributed by atoms with Crippen molar-refractivity contribution >= 4 is 27.3 Å². The third kappa shape index (κ3) is 4.14. The van der Waals surface area contributed by atoms with Gasteiger partial charge in [-0.3, -0.25) is 4.79 Å². The fraction of sp³-hybridized carbons (Fsp3) is 0.688. The van der Waals surface area contributed by atoms with E-state index in [1.54, 1.807) is 17.5 Å². The fourth-order valence-corrected chi connectivity index (χ4v) is 5.83. The molecule has 0 unspecified atom stereocenters. The van der Waals surface area contributed by atoms with Crippen molar-refractivity contribution in [3.8, 4) is 0 Å². The Balaban J connectivity index is 1.51. The van der Waals surface area contributed by atoms with Crippen LogP contribution in [-0.2, 0) is 14.8 Å². The number of piperidine rings is 1. The van der Waals surface area contributed by atoms with Gasteiger partial charge in [0.15, 0.2) is 0 Å². The Kier molecular flexibility index (Phi) is 5.38. The standard InChI is InChI=1S/C16H24N2O3S2/c19-16(13-5-2-1-3-6-13)18-10-8-14(9-11-18)17-23(20,21)15-7-4-12-22-15/h4,7,12-14,17H,1-3,5-6,8-11H2. The number of rotatable bonds is 4. The van der Waals surface area contributed by atoms with Crippen LogP contribution in [0, 0.1) is 5.92 Å². The lowest BCUT2D eigenvalue weighted by Gasteiger charge is -2.35. The molecule has 128 valence electrons. The van der Waals surface area contributed by atoms with Crippen molar-refractivity contribution in [3.63, 3.8) is 0 Å². The molecule has 1 aliphatic heterocycles. The number of nitrogens with one attached hydrogen (secondary N) is 1. The van der Waals surface area contributed by atoms with Gasteiger partial charge in [-0.2, -0.15) is 0 Å². The molecule has 2 aliphatic rings. The van der Waals surface area contributed by atoms with E-state index in [4.69, 9.17) is 0 Å². The largest absolute Gasteiger partial charge is 0.342 e. The van der Waals surface area contributed by atoms with Gasteiger partial charge >= 0.3 is 0 Å². The predicted molar refractivity (Wildman–Crippen MR) is 90.8 cm³/mol. The lowest BCUT2D eigenvalue weighted by atomic mass is 9.87. The minimum Gasteiger partial charge on any atom is -0.342 e. The molecule has 1 aromatic heterocycles. The smallest absolute Gasteiger partial charge is 0.250 e. The first-order chi connectivity index (χ1) is 11.1. The fourth-order valence-electron chi connectivity index (χ4n) is 3.52. The molecular weight excluding hydrogens is 332 g/mol. The van der Waals surface area contributed by atoms with Gasteiger partial charge in [-0.15, -0.1) is 11.3 Å². The molecule has 1 amide bonds. The summed E-state index contributed by atoms with van der Waals surface area (Å²) < 4.78 is 27.6. The van der Waals surface area contributed by atoms with Gasteiger partial charge in [0.1, 0.15) is 4.21 Å². The summed E-state index contributed by atoms with van der Waals surface area (Å²) in [5.41, 5.74) is 0. The second kappa shape index (κ2) is 7.32. The van der Waals surface area contributed by atoms with Crippen molar-refractivity contribution in [1.82, 2.24) is 9.62 Å². The second-order valence-corrected chi connectivity index (χ2v) is 9.38. The third-order valence-corrected chi connectivity index (χ3v) is 7.76. The number of carbonyl (C=O) groups excluding carboxylic acids is 1. The number of carbonyl (C=O) groups is 1. The molecular formula is C16H24N2O3S2. The summed E-state index contributed by atoms with van der Waals surface area (Å²) in [7, 11) is -3.41. The van der Waals surface area contributed by atoms with E-state index in [0.717, 1.165) is 25.7 Å². The van der Waals surface area contributed by atoms with Crippen LogP contribution in [0.25, 0.3) is 0 Å². The summed E-state index contributed by atoms with van der Waals surface area (Å²) in [6.07, 6.45) is 7.00. The average molecular weight is 357 g/mol. The molecule has 5 nitrogen and oxygen atoms in total. The first-order valence-electron chi connectivity index (χ1n) is 8.41. The van der Waals surface area contributed by atoms with Gasteiger partial charge in [0.25, 0.3) is 0 Å². The van der Waals surface area contributed by atoms with Crippen LogP contribution in [0.2, 0.25) is 0 Å². The van der Waals surface area contributed by atoms with Crippen molar-refractivity contribution in [2.45, 2.75) is 55.2 Å². The number of nitrogens with zero attached hydrogens (tertiary/aromatic N) is 1. The monoisotopic (exact) mass is 356 g/mol. The molecule has 7 heteroatoms. The van der Waals surface area contributed by atoms with Gasteiger partial charge in [0.05, 0.1) is 0 Å². The molecule has 23 heavy (non-hydrogen) atoms. The molecule has 0 spiro atoms. The lowest BCUT2D eigenvalue weighted by Crippen LogP contribution is -2.48. The average Bonchev–Trinajstić information content (AvgIpc) is 3.11. The van der Waals surface area contributed by atoms with Crippen molar-refractivity contribution in [3.05, 3.63) is 17.5 Å². The predicted octanol–water partition coefficient (Wildman–Crippen LogP) is 2.60. The molecule has 0 atom stereocenters. The summed E-state index contributed by atoms with van der Waals surface area (Å²) >= 11 is 1.23. The Bertz CT molecular complexity index is 614. The zero-order chi connectivity index (χ0) is 16.3.